The van der Waals surface area contributed by atoms with Crippen molar-refractivity contribution in [1.29, 1.82) is 0 Å². The zero-order valence-corrected chi connectivity index (χ0v) is 13.0. The van der Waals surface area contributed by atoms with Crippen LogP contribution in [0.25, 0.3) is 0 Å². The van der Waals surface area contributed by atoms with E-state index in [1.165, 1.54) is 31.7 Å². The van der Waals surface area contributed by atoms with E-state index in [-0.39, 0.29) is 5.82 Å². The molecular formula is C16H21BrFN. The number of hydrogen-bond donors (Lipinski definition) is 1. The van der Waals surface area contributed by atoms with Crippen molar-refractivity contribution in [2.45, 2.75) is 32.1 Å². The minimum absolute atomic E-state index is 0.124. The topological polar surface area (TPSA) is 12.0 Å². The van der Waals surface area contributed by atoms with Gasteiger partial charge in [0.1, 0.15) is 5.82 Å². The molecule has 3 rings (SSSR count). The lowest BCUT2D eigenvalue weighted by atomic mass is 9.69. The van der Waals surface area contributed by atoms with Crippen LogP contribution in [0.5, 0.6) is 0 Å². The third-order valence-electron chi connectivity index (χ3n) is 5.18. The van der Waals surface area contributed by atoms with Crippen LogP contribution < -0.4 is 5.32 Å². The van der Waals surface area contributed by atoms with E-state index in [1.807, 2.05) is 13.1 Å². The monoisotopic (exact) mass is 325 g/mol. The average molecular weight is 326 g/mol. The molecule has 0 radical (unpaired) electrons. The van der Waals surface area contributed by atoms with Crippen LogP contribution in [0.15, 0.2) is 22.7 Å². The molecule has 0 saturated heterocycles. The smallest absolute Gasteiger partial charge is 0.123 e. The quantitative estimate of drug-likeness (QED) is 0.876. The molecule has 1 N–H and O–H groups in total. The zero-order valence-electron chi connectivity index (χ0n) is 11.4. The van der Waals surface area contributed by atoms with Crippen molar-refractivity contribution < 1.29 is 4.39 Å². The fourth-order valence-corrected chi connectivity index (χ4v) is 4.85. The minimum Gasteiger partial charge on any atom is -0.319 e. The summed E-state index contributed by atoms with van der Waals surface area (Å²) in [4.78, 5) is 0. The highest BCUT2D eigenvalue weighted by molar-refractivity contribution is 9.10. The van der Waals surface area contributed by atoms with E-state index in [9.17, 15) is 4.39 Å². The Morgan fingerprint density at radius 3 is 2.89 bits per heavy atom. The van der Waals surface area contributed by atoms with Crippen LogP contribution in [-0.2, 0) is 6.42 Å². The predicted octanol–water partition coefficient (Wildman–Crippen LogP) is 4.16. The van der Waals surface area contributed by atoms with Crippen molar-refractivity contribution in [3.8, 4) is 0 Å². The maximum absolute atomic E-state index is 13.5. The summed E-state index contributed by atoms with van der Waals surface area (Å²) in [5, 5.41) is 3.38. The summed E-state index contributed by atoms with van der Waals surface area (Å²) in [5.41, 5.74) is 1.47. The van der Waals surface area contributed by atoms with Gasteiger partial charge in [-0.05, 0) is 73.7 Å². The molecule has 0 aliphatic heterocycles. The summed E-state index contributed by atoms with van der Waals surface area (Å²) in [6, 6.07) is 5.07. The highest BCUT2D eigenvalue weighted by atomic mass is 79.9. The Labute approximate surface area is 123 Å². The molecule has 1 aromatic rings. The Morgan fingerprint density at radius 2 is 2.26 bits per heavy atom. The van der Waals surface area contributed by atoms with E-state index >= 15 is 0 Å². The van der Waals surface area contributed by atoms with Gasteiger partial charge in [0.25, 0.3) is 0 Å². The van der Waals surface area contributed by atoms with Gasteiger partial charge in [0.2, 0.25) is 0 Å². The Morgan fingerprint density at radius 1 is 1.42 bits per heavy atom. The van der Waals surface area contributed by atoms with Gasteiger partial charge in [0.05, 0.1) is 0 Å². The van der Waals surface area contributed by atoms with Crippen LogP contribution in [0, 0.1) is 23.1 Å². The lowest BCUT2D eigenvalue weighted by Gasteiger charge is -2.38. The second-order valence-electron chi connectivity index (χ2n) is 6.39. The van der Waals surface area contributed by atoms with Gasteiger partial charge in [0, 0.05) is 11.0 Å². The zero-order chi connectivity index (χ0) is 13.5. The van der Waals surface area contributed by atoms with Crippen LogP contribution in [0.3, 0.4) is 0 Å². The molecule has 2 saturated carbocycles. The van der Waals surface area contributed by atoms with Gasteiger partial charge in [-0.25, -0.2) is 4.39 Å². The van der Waals surface area contributed by atoms with Crippen LogP contribution in [-0.4, -0.2) is 13.6 Å². The molecule has 0 spiro atoms. The molecule has 3 unspecified atom stereocenters. The Hall–Kier alpha value is -0.410. The van der Waals surface area contributed by atoms with E-state index in [0.29, 0.717) is 5.41 Å². The van der Waals surface area contributed by atoms with E-state index < -0.39 is 0 Å². The lowest BCUT2D eigenvalue weighted by Crippen LogP contribution is -2.39. The van der Waals surface area contributed by atoms with Gasteiger partial charge in [-0.1, -0.05) is 22.4 Å². The predicted molar refractivity (Wildman–Crippen MR) is 79.6 cm³/mol. The second kappa shape index (κ2) is 5.17. The van der Waals surface area contributed by atoms with Gasteiger partial charge in [-0.15, -0.1) is 0 Å². The number of fused-ring (bicyclic) bond motifs is 2. The molecule has 2 aliphatic rings. The summed E-state index contributed by atoms with van der Waals surface area (Å²) in [7, 11) is 2.04. The first-order chi connectivity index (χ1) is 9.13. The first kappa shape index (κ1) is 13.6. The van der Waals surface area contributed by atoms with Gasteiger partial charge in [-0.2, -0.15) is 0 Å². The third-order valence-corrected chi connectivity index (χ3v) is 5.96. The fourth-order valence-electron chi connectivity index (χ4n) is 4.46. The Balaban J connectivity index is 1.88. The first-order valence-electron chi connectivity index (χ1n) is 7.21. The van der Waals surface area contributed by atoms with E-state index in [1.54, 1.807) is 6.07 Å². The van der Waals surface area contributed by atoms with Gasteiger partial charge >= 0.3 is 0 Å². The summed E-state index contributed by atoms with van der Waals surface area (Å²) in [6.07, 6.45) is 6.45. The molecule has 0 heterocycles. The van der Waals surface area contributed by atoms with Crippen molar-refractivity contribution in [3.05, 3.63) is 34.1 Å². The van der Waals surface area contributed by atoms with E-state index in [0.717, 1.165) is 34.8 Å². The van der Waals surface area contributed by atoms with Crippen LogP contribution in [0.2, 0.25) is 0 Å². The normalized spacial score (nSPS) is 33.0. The average Bonchev–Trinajstić information content (AvgIpc) is 2.95. The molecule has 0 aromatic heterocycles. The SMILES string of the molecule is CNCC1(Cc2cc(F)ccc2Br)CC2CCC1C2. The standard InChI is InChI=1S/C16H21BrFN/c1-19-10-16(8-11-2-3-13(16)6-11)9-12-7-14(18)4-5-15(12)17/h4-5,7,11,13,19H,2-3,6,8-10H2,1H3. The van der Waals surface area contributed by atoms with Crippen molar-refractivity contribution in [2.24, 2.45) is 17.3 Å². The summed E-state index contributed by atoms with van der Waals surface area (Å²) in [6.45, 7) is 1.05. The molecule has 19 heavy (non-hydrogen) atoms. The maximum atomic E-state index is 13.5. The molecule has 1 aromatic carbocycles. The van der Waals surface area contributed by atoms with Crippen LogP contribution in [0.4, 0.5) is 4.39 Å². The molecule has 2 aliphatic carbocycles. The van der Waals surface area contributed by atoms with Gasteiger partial charge in [0.15, 0.2) is 0 Å². The number of hydrogen-bond acceptors (Lipinski definition) is 1. The van der Waals surface area contributed by atoms with Crippen molar-refractivity contribution in [1.82, 2.24) is 5.32 Å². The Bertz CT molecular complexity index is 476. The second-order valence-corrected chi connectivity index (χ2v) is 7.24. The minimum atomic E-state index is -0.124. The highest BCUT2D eigenvalue weighted by Crippen LogP contribution is 2.57. The lowest BCUT2D eigenvalue weighted by molar-refractivity contribution is 0.159. The summed E-state index contributed by atoms with van der Waals surface area (Å²) in [5.74, 6) is 1.60. The van der Waals surface area contributed by atoms with E-state index in [4.69, 9.17) is 0 Å². The molecule has 2 bridgehead atoms. The largest absolute Gasteiger partial charge is 0.319 e. The molecular weight excluding hydrogens is 305 g/mol. The van der Waals surface area contributed by atoms with Crippen LogP contribution >= 0.6 is 15.9 Å². The van der Waals surface area contributed by atoms with Crippen LogP contribution in [0.1, 0.15) is 31.2 Å². The highest BCUT2D eigenvalue weighted by Gasteiger charge is 2.50. The van der Waals surface area contributed by atoms with Gasteiger partial charge in [-0.3, -0.25) is 0 Å². The molecule has 104 valence electrons. The fraction of sp³-hybridized carbons (Fsp3) is 0.625. The molecule has 3 atom stereocenters. The molecule has 0 amide bonds. The van der Waals surface area contributed by atoms with Crippen molar-refractivity contribution in [3.63, 3.8) is 0 Å². The maximum Gasteiger partial charge on any atom is 0.123 e. The first-order valence-corrected chi connectivity index (χ1v) is 8.01. The van der Waals surface area contributed by atoms with Gasteiger partial charge < -0.3 is 5.32 Å². The van der Waals surface area contributed by atoms with Crippen molar-refractivity contribution >= 4 is 15.9 Å². The number of benzene rings is 1. The third kappa shape index (κ3) is 2.47. The number of nitrogens with one attached hydrogen (secondary N) is 1. The molecule has 3 heteroatoms. The number of rotatable bonds is 4. The molecule has 1 nitrogen and oxygen atoms in total. The van der Waals surface area contributed by atoms with Crippen molar-refractivity contribution in [2.75, 3.05) is 13.6 Å². The Kier molecular flexibility index (Phi) is 3.69. The summed E-state index contributed by atoms with van der Waals surface area (Å²) >= 11 is 3.58. The van der Waals surface area contributed by atoms with E-state index in [2.05, 4.69) is 21.2 Å². The summed E-state index contributed by atoms with van der Waals surface area (Å²) < 4.78 is 14.5. The number of halogens is 2. The molecule has 2 fully saturated rings.